The molecule has 218 valence electrons. The van der Waals surface area contributed by atoms with Gasteiger partial charge < -0.3 is 4.74 Å². The molecule has 0 N–H and O–H groups in total. The molecule has 0 saturated heterocycles. The van der Waals surface area contributed by atoms with Crippen LogP contribution >= 0.6 is 0 Å². The third-order valence-electron chi connectivity index (χ3n) is 12.3. The number of fused-ring (bicyclic) bond motifs is 5. The number of hydrogen-bond donors (Lipinski definition) is 0. The molecular formula is C36H62O2. The van der Waals surface area contributed by atoms with Gasteiger partial charge >= 0.3 is 5.97 Å². The SMILES string of the molecule is CCCCCCCCC(=O)OC1CC[C@@]2(C)C(=CC[C@H]3C4CC[C@H](C(C)CCCC(C)C)[C@@]4(C)CC[C@H]32)C1. The predicted molar refractivity (Wildman–Crippen MR) is 161 cm³/mol. The van der Waals surface area contributed by atoms with Gasteiger partial charge in [0.25, 0.3) is 0 Å². The minimum absolute atomic E-state index is 0.0522. The Kier molecular flexibility index (Phi) is 10.5. The maximum Gasteiger partial charge on any atom is 0.306 e. The Morgan fingerprint density at radius 1 is 0.921 bits per heavy atom. The van der Waals surface area contributed by atoms with Crippen LogP contribution in [0.3, 0.4) is 0 Å². The summed E-state index contributed by atoms with van der Waals surface area (Å²) in [5.74, 6) is 5.34. The Morgan fingerprint density at radius 3 is 2.45 bits per heavy atom. The van der Waals surface area contributed by atoms with Crippen molar-refractivity contribution in [1.82, 2.24) is 0 Å². The van der Waals surface area contributed by atoms with Crippen LogP contribution in [-0.4, -0.2) is 12.1 Å². The summed E-state index contributed by atoms with van der Waals surface area (Å²) in [4.78, 5) is 12.6. The average Bonchev–Trinajstić information content (AvgIpc) is 3.23. The van der Waals surface area contributed by atoms with Gasteiger partial charge in [-0.25, -0.2) is 0 Å². The van der Waals surface area contributed by atoms with E-state index >= 15 is 0 Å². The molecule has 4 aliphatic rings. The number of unbranched alkanes of at least 4 members (excludes halogenated alkanes) is 5. The van der Waals surface area contributed by atoms with Gasteiger partial charge in [-0.1, -0.05) is 105 Å². The number of carbonyl (C=O) groups is 1. The number of carbonyl (C=O) groups excluding carboxylic acids is 1. The predicted octanol–water partition coefficient (Wildman–Crippen LogP) is 10.7. The molecule has 2 nitrogen and oxygen atoms in total. The summed E-state index contributed by atoms with van der Waals surface area (Å²) < 4.78 is 6.04. The van der Waals surface area contributed by atoms with Gasteiger partial charge in [-0.2, -0.15) is 0 Å². The van der Waals surface area contributed by atoms with Crippen molar-refractivity contribution in [3.8, 4) is 0 Å². The van der Waals surface area contributed by atoms with Gasteiger partial charge in [0.2, 0.25) is 0 Å². The lowest BCUT2D eigenvalue weighted by Gasteiger charge is -2.58. The fraction of sp³-hybridized carbons (Fsp3) is 0.917. The molecule has 0 aromatic heterocycles. The molecule has 3 saturated carbocycles. The Morgan fingerprint density at radius 2 is 1.68 bits per heavy atom. The largest absolute Gasteiger partial charge is 0.462 e. The number of rotatable bonds is 13. The molecule has 0 aliphatic heterocycles. The smallest absolute Gasteiger partial charge is 0.306 e. The van der Waals surface area contributed by atoms with Gasteiger partial charge in [0.1, 0.15) is 6.10 Å². The number of allylic oxidation sites excluding steroid dienone is 1. The maximum absolute atomic E-state index is 12.6. The van der Waals surface area contributed by atoms with E-state index in [0.29, 0.717) is 17.3 Å². The van der Waals surface area contributed by atoms with Crippen molar-refractivity contribution in [1.29, 1.82) is 0 Å². The van der Waals surface area contributed by atoms with Crippen molar-refractivity contribution < 1.29 is 9.53 Å². The van der Waals surface area contributed by atoms with Crippen LogP contribution in [0.15, 0.2) is 11.6 Å². The van der Waals surface area contributed by atoms with Crippen LogP contribution in [0.2, 0.25) is 0 Å². The Labute approximate surface area is 236 Å². The minimum Gasteiger partial charge on any atom is -0.462 e. The van der Waals surface area contributed by atoms with Crippen LogP contribution in [0.4, 0.5) is 0 Å². The molecule has 38 heavy (non-hydrogen) atoms. The van der Waals surface area contributed by atoms with E-state index < -0.39 is 0 Å². The number of ether oxygens (including phenoxy) is 1. The van der Waals surface area contributed by atoms with Crippen LogP contribution in [0, 0.1) is 46.3 Å². The molecular weight excluding hydrogens is 464 g/mol. The van der Waals surface area contributed by atoms with Gasteiger partial charge in [0, 0.05) is 12.8 Å². The van der Waals surface area contributed by atoms with Crippen molar-refractivity contribution in [3.63, 3.8) is 0 Å². The average molecular weight is 527 g/mol. The highest BCUT2D eigenvalue weighted by Crippen LogP contribution is 2.67. The third kappa shape index (κ3) is 6.57. The second-order valence-electron chi connectivity index (χ2n) is 15.2. The summed E-state index contributed by atoms with van der Waals surface area (Å²) in [6, 6.07) is 0. The first-order valence-corrected chi connectivity index (χ1v) is 17.1. The zero-order valence-corrected chi connectivity index (χ0v) is 26.2. The first kappa shape index (κ1) is 30.2. The summed E-state index contributed by atoms with van der Waals surface area (Å²) >= 11 is 0. The zero-order chi connectivity index (χ0) is 27.3. The molecule has 0 aromatic carbocycles. The second kappa shape index (κ2) is 13.2. The minimum atomic E-state index is 0.0522. The summed E-state index contributed by atoms with van der Waals surface area (Å²) in [7, 11) is 0. The lowest BCUT2D eigenvalue weighted by atomic mass is 9.47. The Balaban J connectivity index is 1.31. The summed E-state index contributed by atoms with van der Waals surface area (Å²) in [6.45, 7) is 14.9. The molecule has 2 heteroatoms. The van der Waals surface area contributed by atoms with E-state index in [1.807, 2.05) is 0 Å². The summed E-state index contributed by atoms with van der Waals surface area (Å²) in [5.41, 5.74) is 2.54. The molecule has 0 amide bonds. The van der Waals surface area contributed by atoms with E-state index in [0.717, 1.165) is 54.8 Å². The molecule has 0 bridgehead atoms. The fourth-order valence-electron chi connectivity index (χ4n) is 10.0. The van der Waals surface area contributed by atoms with Crippen molar-refractivity contribution >= 4 is 5.97 Å². The van der Waals surface area contributed by atoms with Gasteiger partial charge in [0.05, 0.1) is 0 Å². The highest BCUT2D eigenvalue weighted by Gasteiger charge is 2.59. The van der Waals surface area contributed by atoms with Crippen LogP contribution in [0.5, 0.6) is 0 Å². The van der Waals surface area contributed by atoms with Crippen molar-refractivity contribution in [3.05, 3.63) is 11.6 Å². The summed E-state index contributed by atoms with van der Waals surface area (Å²) in [6.07, 6.45) is 25.3. The van der Waals surface area contributed by atoms with Gasteiger partial charge in [-0.05, 0) is 97.7 Å². The number of esters is 1. The quantitative estimate of drug-likeness (QED) is 0.135. The van der Waals surface area contributed by atoms with Crippen LogP contribution in [-0.2, 0) is 9.53 Å². The zero-order valence-electron chi connectivity index (χ0n) is 26.2. The lowest BCUT2D eigenvalue weighted by Crippen LogP contribution is -2.51. The second-order valence-corrected chi connectivity index (χ2v) is 15.2. The monoisotopic (exact) mass is 526 g/mol. The van der Waals surface area contributed by atoms with Crippen LogP contribution in [0.1, 0.15) is 157 Å². The molecule has 0 heterocycles. The van der Waals surface area contributed by atoms with E-state index in [2.05, 4.69) is 47.6 Å². The normalized spacial score (nSPS) is 37.2. The first-order chi connectivity index (χ1) is 18.2. The first-order valence-electron chi connectivity index (χ1n) is 17.1. The molecule has 3 fully saturated rings. The molecule has 4 aliphatic carbocycles. The van der Waals surface area contributed by atoms with Gasteiger partial charge in [-0.15, -0.1) is 0 Å². The molecule has 4 rings (SSSR count). The fourth-order valence-corrected chi connectivity index (χ4v) is 10.0. The number of hydrogen-bond acceptors (Lipinski definition) is 2. The van der Waals surface area contributed by atoms with Crippen molar-refractivity contribution in [2.24, 2.45) is 46.3 Å². The highest BCUT2D eigenvalue weighted by molar-refractivity contribution is 5.69. The van der Waals surface area contributed by atoms with Crippen LogP contribution < -0.4 is 0 Å². The lowest BCUT2D eigenvalue weighted by molar-refractivity contribution is -0.151. The Hall–Kier alpha value is -0.790. The summed E-state index contributed by atoms with van der Waals surface area (Å²) in [5, 5.41) is 0. The molecule has 8 atom stereocenters. The van der Waals surface area contributed by atoms with E-state index in [1.165, 1.54) is 89.9 Å². The van der Waals surface area contributed by atoms with Gasteiger partial charge in [-0.3, -0.25) is 4.79 Å². The maximum atomic E-state index is 12.6. The molecule has 0 aromatic rings. The Bertz CT molecular complexity index is 797. The van der Waals surface area contributed by atoms with Gasteiger partial charge in [0.15, 0.2) is 0 Å². The van der Waals surface area contributed by atoms with E-state index in [9.17, 15) is 4.79 Å². The molecule has 0 radical (unpaired) electrons. The standard InChI is InChI=1S/C36H62O2/c1-7-8-9-10-11-12-16-34(37)38-29-21-23-35(5)28(25-29)17-18-30-32-20-19-31(27(4)15-13-14-26(2)3)36(32,6)24-22-33(30)35/h17,26-27,29-33H,7-16,18-25H2,1-6H3/t27?,29?,30-,31+,32?,33+,35-,36+/m0/s1. The highest BCUT2D eigenvalue weighted by atomic mass is 16.5. The molecule has 3 unspecified atom stereocenters. The third-order valence-corrected chi connectivity index (χ3v) is 12.3. The van der Waals surface area contributed by atoms with E-state index in [-0.39, 0.29) is 12.1 Å². The van der Waals surface area contributed by atoms with E-state index in [1.54, 1.807) is 5.57 Å². The topological polar surface area (TPSA) is 26.3 Å². The molecule has 0 spiro atoms. The van der Waals surface area contributed by atoms with Crippen LogP contribution in [0.25, 0.3) is 0 Å². The van der Waals surface area contributed by atoms with Crippen molar-refractivity contribution in [2.45, 2.75) is 163 Å². The van der Waals surface area contributed by atoms with E-state index in [4.69, 9.17) is 4.74 Å². The van der Waals surface area contributed by atoms with Crippen molar-refractivity contribution in [2.75, 3.05) is 0 Å².